The fraction of sp³-hybridized carbons (Fsp3) is 0.450. The number of nitroso groups, excluding NO2 is 1. The maximum absolute atomic E-state index is 12.6. The highest BCUT2D eigenvalue weighted by Crippen LogP contribution is 2.33. The van der Waals surface area contributed by atoms with E-state index in [4.69, 9.17) is 9.97 Å². The number of fused-ring (bicyclic) bond motifs is 1. The third-order valence-corrected chi connectivity index (χ3v) is 5.43. The number of hydrogen-bond acceptors (Lipinski definition) is 4. The molecule has 3 heterocycles. The second-order valence-corrected chi connectivity index (χ2v) is 7.13. The molecule has 0 radical (unpaired) electrons. The lowest BCUT2D eigenvalue weighted by Gasteiger charge is -2.29. The third kappa shape index (κ3) is 3.18. The minimum atomic E-state index is -0.289. The molecule has 1 unspecified atom stereocenters. The van der Waals surface area contributed by atoms with Crippen molar-refractivity contribution in [1.29, 1.82) is 0 Å². The molecule has 2 aliphatic rings. The van der Waals surface area contributed by atoms with Gasteiger partial charge in [0.25, 0.3) is 6.04 Å². The first-order valence-electron chi connectivity index (χ1n) is 9.48. The van der Waals surface area contributed by atoms with Gasteiger partial charge in [0.1, 0.15) is 10.6 Å². The predicted octanol–water partition coefficient (Wildman–Crippen LogP) is 2.51. The van der Waals surface area contributed by atoms with Crippen molar-refractivity contribution in [2.45, 2.75) is 38.8 Å². The number of hydrogen-bond donors (Lipinski definition) is 0. The number of aromatic nitrogens is 2. The van der Waals surface area contributed by atoms with E-state index < -0.39 is 0 Å². The van der Waals surface area contributed by atoms with Crippen LogP contribution in [0.25, 0.3) is 11.4 Å². The Morgan fingerprint density at radius 3 is 2.67 bits per heavy atom. The summed E-state index contributed by atoms with van der Waals surface area (Å²) in [6, 6.07) is 9.51. The van der Waals surface area contributed by atoms with Crippen LogP contribution in [0.15, 0.2) is 30.3 Å². The van der Waals surface area contributed by atoms with Crippen molar-refractivity contribution < 1.29 is 9.66 Å². The first-order valence-corrected chi connectivity index (χ1v) is 9.48. The van der Waals surface area contributed by atoms with E-state index in [0.717, 1.165) is 33.8 Å². The number of carbonyl (C=O) groups excluding carboxylic acids is 1. The SMILES string of the molecule is CCC(=O)N1CCc2c(nc(-c3ccccc3)nc2C2CCN(C)[N+]2=O)C1. The highest BCUT2D eigenvalue weighted by Gasteiger charge is 2.42. The number of carbonyl (C=O) groups is 1. The molecule has 1 atom stereocenters. The van der Waals surface area contributed by atoms with Gasteiger partial charge < -0.3 is 4.90 Å². The monoisotopic (exact) mass is 366 g/mol. The van der Waals surface area contributed by atoms with Crippen LogP contribution in [0.5, 0.6) is 0 Å². The molecule has 1 amide bonds. The molecule has 1 fully saturated rings. The molecular formula is C20H24N5O2+. The Kier molecular flexibility index (Phi) is 4.59. The van der Waals surface area contributed by atoms with Gasteiger partial charge in [0, 0.05) is 30.5 Å². The zero-order valence-corrected chi connectivity index (χ0v) is 15.8. The molecule has 0 saturated carbocycles. The summed E-state index contributed by atoms with van der Waals surface area (Å²) in [7, 11) is 1.81. The molecule has 0 aliphatic carbocycles. The molecule has 0 N–H and O–H groups in total. The Hall–Kier alpha value is -2.83. The van der Waals surface area contributed by atoms with E-state index in [1.54, 1.807) is 12.1 Å². The van der Waals surface area contributed by atoms with E-state index >= 15 is 0 Å². The summed E-state index contributed by atoms with van der Waals surface area (Å²) in [5.74, 6) is 0.756. The number of benzene rings is 1. The van der Waals surface area contributed by atoms with Crippen LogP contribution in [0.3, 0.4) is 0 Å². The van der Waals surface area contributed by atoms with Gasteiger partial charge in [-0.05, 0) is 6.42 Å². The third-order valence-electron chi connectivity index (χ3n) is 5.43. The molecular weight excluding hydrogens is 342 g/mol. The number of hydrazine groups is 1. The Morgan fingerprint density at radius 2 is 2.00 bits per heavy atom. The van der Waals surface area contributed by atoms with E-state index in [-0.39, 0.29) is 11.9 Å². The van der Waals surface area contributed by atoms with E-state index in [1.165, 1.54) is 0 Å². The van der Waals surface area contributed by atoms with Crippen LogP contribution in [0, 0.1) is 4.91 Å². The fourth-order valence-electron chi connectivity index (χ4n) is 3.89. The van der Waals surface area contributed by atoms with Gasteiger partial charge in [-0.2, -0.15) is 0 Å². The molecule has 140 valence electrons. The summed E-state index contributed by atoms with van der Waals surface area (Å²) in [4.78, 5) is 37.3. The number of rotatable bonds is 3. The summed E-state index contributed by atoms with van der Waals surface area (Å²) in [5.41, 5.74) is 3.65. The van der Waals surface area contributed by atoms with Crippen LogP contribution in [-0.2, 0) is 17.8 Å². The van der Waals surface area contributed by atoms with Crippen molar-refractivity contribution in [3.8, 4) is 11.4 Å². The van der Waals surface area contributed by atoms with Gasteiger partial charge in [-0.1, -0.05) is 37.3 Å². The molecule has 7 heteroatoms. The Labute approximate surface area is 158 Å². The van der Waals surface area contributed by atoms with Gasteiger partial charge in [0.2, 0.25) is 5.91 Å². The van der Waals surface area contributed by atoms with Gasteiger partial charge in [0.05, 0.1) is 30.7 Å². The van der Waals surface area contributed by atoms with Crippen LogP contribution in [0.2, 0.25) is 0 Å². The minimum absolute atomic E-state index is 0.133. The topological polar surface area (TPSA) is 69.4 Å². The second kappa shape index (κ2) is 7.06. The van der Waals surface area contributed by atoms with Crippen molar-refractivity contribution in [2.75, 3.05) is 20.1 Å². The Morgan fingerprint density at radius 1 is 1.22 bits per heavy atom. The average molecular weight is 366 g/mol. The summed E-state index contributed by atoms with van der Waals surface area (Å²) >= 11 is 0. The molecule has 1 saturated heterocycles. The van der Waals surface area contributed by atoms with Gasteiger partial charge in [-0.3, -0.25) is 4.79 Å². The Bertz CT molecular complexity index is 883. The highest BCUT2D eigenvalue weighted by molar-refractivity contribution is 5.76. The van der Waals surface area contributed by atoms with Gasteiger partial charge in [-0.15, -0.1) is 5.01 Å². The van der Waals surface area contributed by atoms with Crippen LogP contribution < -0.4 is 0 Å². The largest absolute Gasteiger partial charge is 0.336 e. The molecule has 0 spiro atoms. The van der Waals surface area contributed by atoms with Crippen LogP contribution in [0.4, 0.5) is 0 Å². The zero-order valence-electron chi connectivity index (χ0n) is 15.8. The smallest absolute Gasteiger partial charge is 0.278 e. The Balaban J connectivity index is 1.81. The summed E-state index contributed by atoms with van der Waals surface area (Å²) < 4.78 is 0. The van der Waals surface area contributed by atoms with E-state index in [0.29, 0.717) is 38.3 Å². The molecule has 0 bridgehead atoms. The van der Waals surface area contributed by atoms with Gasteiger partial charge >= 0.3 is 0 Å². The van der Waals surface area contributed by atoms with E-state index in [2.05, 4.69) is 0 Å². The standard InChI is InChI=1S/C20H24N5O2/c1-3-18(26)24-12-9-15-16(13-24)21-20(14-7-5-4-6-8-14)22-19(15)17-10-11-23(2)25(17)27/h4-8,17H,3,9-13H2,1-2H3/q+1. The first kappa shape index (κ1) is 17.6. The normalized spacial score (nSPS) is 19.3. The van der Waals surface area contributed by atoms with E-state index in [9.17, 15) is 9.70 Å². The van der Waals surface area contributed by atoms with Crippen LogP contribution >= 0.6 is 0 Å². The number of amides is 1. The van der Waals surface area contributed by atoms with Crippen LogP contribution in [0.1, 0.15) is 42.8 Å². The minimum Gasteiger partial charge on any atom is -0.336 e. The van der Waals surface area contributed by atoms with Gasteiger partial charge in [0.15, 0.2) is 5.82 Å². The fourth-order valence-corrected chi connectivity index (χ4v) is 3.89. The maximum Gasteiger partial charge on any atom is 0.278 e. The van der Waals surface area contributed by atoms with Crippen molar-refractivity contribution in [3.05, 3.63) is 52.2 Å². The average Bonchev–Trinajstić information content (AvgIpc) is 3.05. The molecule has 2 aromatic rings. The maximum atomic E-state index is 12.6. The van der Waals surface area contributed by atoms with E-state index in [1.807, 2.05) is 42.2 Å². The van der Waals surface area contributed by atoms with Crippen molar-refractivity contribution in [3.63, 3.8) is 0 Å². The second-order valence-electron chi connectivity index (χ2n) is 7.13. The molecule has 2 aliphatic heterocycles. The first-order chi connectivity index (χ1) is 13.1. The van der Waals surface area contributed by atoms with Crippen LogP contribution in [-0.4, -0.2) is 50.8 Å². The lowest BCUT2D eigenvalue weighted by molar-refractivity contribution is -0.711. The molecule has 27 heavy (non-hydrogen) atoms. The lowest BCUT2D eigenvalue weighted by Crippen LogP contribution is -2.37. The van der Waals surface area contributed by atoms with Crippen molar-refractivity contribution >= 4 is 5.91 Å². The van der Waals surface area contributed by atoms with Crippen molar-refractivity contribution in [2.24, 2.45) is 0 Å². The van der Waals surface area contributed by atoms with Crippen molar-refractivity contribution in [1.82, 2.24) is 19.9 Å². The molecule has 7 nitrogen and oxygen atoms in total. The summed E-state index contributed by atoms with van der Waals surface area (Å²) in [6.45, 7) is 3.73. The zero-order chi connectivity index (χ0) is 19.0. The number of nitrogens with zero attached hydrogens (tertiary/aromatic N) is 5. The highest BCUT2D eigenvalue weighted by atomic mass is 16.3. The summed E-state index contributed by atoms with van der Waals surface area (Å²) in [5, 5.41) is 1.69. The molecule has 4 rings (SSSR count). The quantitative estimate of drug-likeness (QED) is 0.781. The summed E-state index contributed by atoms with van der Waals surface area (Å²) in [6.07, 6.45) is 1.93. The van der Waals surface area contributed by atoms with Gasteiger partial charge in [-0.25, -0.2) is 9.97 Å². The lowest BCUT2D eigenvalue weighted by atomic mass is 9.97. The molecule has 1 aromatic heterocycles. The predicted molar refractivity (Wildman–Crippen MR) is 100 cm³/mol. The molecule has 1 aromatic carbocycles.